The summed E-state index contributed by atoms with van der Waals surface area (Å²) in [7, 11) is 0. The fraction of sp³-hybridized carbons (Fsp3) is 0.385. The molecule has 2 aliphatic heterocycles. The first-order chi connectivity index (χ1) is 15.7. The van der Waals surface area contributed by atoms with E-state index in [1.54, 1.807) is 24.3 Å². The third kappa shape index (κ3) is 3.97. The Bertz CT molecular complexity index is 1120. The van der Waals surface area contributed by atoms with E-state index in [0.717, 1.165) is 43.9 Å². The van der Waals surface area contributed by atoms with Crippen molar-refractivity contribution in [3.63, 3.8) is 0 Å². The molecule has 3 aromatic rings. The van der Waals surface area contributed by atoms with Crippen molar-refractivity contribution >= 4 is 11.7 Å². The van der Waals surface area contributed by atoms with Gasteiger partial charge in [-0.3, -0.25) is 9.59 Å². The molecule has 0 aliphatic carbocycles. The Kier molecular flexibility index (Phi) is 5.84. The van der Waals surface area contributed by atoms with Gasteiger partial charge >= 0.3 is 0 Å². The number of rotatable bonds is 4. The SMILES string of the molecule is O=C(c1ccccc1)c1ccccc1C(=O)N1CCC[C@H](c2nnc3n2CCCCC3)C1. The average molecular weight is 429 g/mol. The van der Waals surface area contributed by atoms with Crippen molar-refractivity contribution in [2.24, 2.45) is 0 Å². The Hall–Kier alpha value is -3.28. The van der Waals surface area contributed by atoms with Crippen LogP contribution in [0.1, 0.15) is 76.0 Å². The van der Waals surface area contributed by atoms with Crippen molar-refractivity contribution in [3.05, 3.63) is 82.9 Å². The van der Waals surface area contributed by atoms with Crippen LogP contribution in [0.5, 0.6) is 0 Å². The van der Waals surface area contributed by atoms with Crippen LogP contribution in [0.25, 0.3) is 0 Å². The van der Waals surface area contributed by atoms with Crippen LogP contribution in [0.2, 0.25) is 0 Å². The maximum Gasteiger partial charge on any atom is 0.254 e. The number of hydrogen-bond acceptors (Lipinski definition) is 4. The molecule has 1 atom stereocenters. The highest BCUT2D eigenvalue weighted by atomic mass is 16.2. The molecule has 6 heteroatoms. The van der Waals surface area contributed by atoms with E-state index >= 15 is 0 Å². The van der Waals surface area contributed by atoms with E-state index in [9.17, 15) is 9.59 Å². The number of aryl methyl sites for hydroxylation is 1. The van der Waals surface area contributed by atoms with Crippen LogP contribution in [0, 0.1) is 0 Å². The van der Waals surface area contributed by atoms with E-state index in [-0.39, 0.29) is 17.6 Å². The van der Waals surface area contributed by atoms with Gasteiger partial charge in [-0.25, -0.2) is 0 Å². The number of nitrogens with zero attached hydrogens (tertiary/aromatic N) is 4. The average Bonchev–Trinajstić information content (AvgIpc) is 3.12. The minimum absolute atomic E-state index is 0.0785. The molecule has 1 fully saturated rings. The summed E-state index contributed by atoms with van der Waals surface area (Å²) in [5.41, 5.74) is 1.53. The normalized spacial score (nSPS) is 18.6. The van der Waals surface area contributed by atoms with Crippen LogP contribution in [-0.4, -0.2) is 44.4 Å². The van der Waals surface area contributed by atoms with Crippen LogP contribution in [0.4, 0.5) is 0 Å². The first kappa shape index (κ1) is 20.6. The van der Waals surface area contributed by atoms with Gasteiger partial charge in [0.25, 0.3) is 5.91 Å². The molecule has 0 unspecified atom stereocenters. The molecule has 0 N–H and O–H groups in total. The summed E-state index contributed by atoms with van der Waals surface area (Å²) >= 11 is 0. The molecule has 0 bridgehead atoms. The number of likely N-dealkylation sites (tertiary alicyclic amines) is 1. The van der Waals surface area contributed by atoms with Gasteiger partial charge in [0, 0.05) is 43.1 Å². The Morgan fingerprint density at radius 2 is 1.59 bits per heavy atom. The van der Waals surface area contributed by atoms with E-state index in [1.165, 1.54) is 12.8 Å². The van der Waals surface area contributed by atoms with Gasteiger partial charge in [0.15, 0.2) is 5.78 Å². The fourth-order valence-electron chi connectivity index (χ4n) is 4.96. The van der Waals surface area contributed by atoms with Crippen LogP contribution in [-0.2, 0) is 13.0 Å². The highest BCUT2D eigenvalue weighted by Gasteiger charge is 2.31. The van der Waals surface area contributed by atoms with Crippen molar-refractivity contribution in [3.8, 4) is 0 Å². The first-order valence-electron chi connectivity index (χ1n) is 11.6. The van der Waals surface area contributed by atoms with Crippen molar-refractivity contribution in [2.45, 2.75) is 51.0 Å². The predicted octanol–water partition coefficient (Wildman–Crippen LogP) is 4.26. The molecule has 6 nitrogen and oxygen atoms in total. The lowest BCUT2D eigenvalue weighted by molar-refractivity contribution is 0.0699. The molecule has 5 rings (SSSR count). The first-order valence-corrected chi connectivity index (χ1v) is 11.6. The second kappa shape index (κ2) is 9.07. The van der Waals surface area contributed by atoms with Crippen molar-refractivity contribution < 1.29 is 9.59 Å². The number of ketones is 1. The molecule has 1 saturated heterocycles. The molecule has 3 heterocycles. The molecule has 164 valence electrons. The van der Waals surface area contributed by atoms with Gasteiger partial charge in [-0.15, -0.1) is 10.2 Å². The largest absolute Gasteiger partial charge is 0.338 e. The van der Waals surface area contributed by atoms with Crippen LogP contribution >= 0.6 is 0 Å². The summed E-state index contributed by atoms with van der Waals surface area (Å²) in [5.74, 6) is 2.09. The number of hydrogen-bond donors (Lipinski definition) is 0. The van der Waals surface area contributed by atoms with Gasteiger partial charge in [-0.1, -0.05) is 55.0 Å². The summed E-state index contributed by atoms with van der Waals surface area (Å²) in [6, 6.07) is 16.3. The highest BCUT2D eigenvalue weighted by molar-refractivity contribution is 6.15. The summed E-state index contributed by atoms with van der Waals surface area (Å²) in [4.78, 5) is 28.5. The maximum absolute atomic E-state index is 13.5. The number of carbonyl (C=O) groups excluding carboxylic acids is 2. The van der Waals surface area contributed by atoms with Gasteiger partial charge in [-0.05, 0) is 31.7 Å². The van der Waals surface area contributed by atoms with Gasteiger partial charge < -0.3 is 9.47 Å². The van der Waals surface area contributed by atoms with E-state index in [4.69, 9.17) is 0 Å². The number of carbonyl (C=O) groups is 2. The standard InChI is InChI=1S/C26H28N4O2/c31-24(19-10-3-1-4-11-19)21-13-6-7-14-22(21)26(32)29-16-9-12-20(18-29)25-28-27-23-15-5-2-8-17-30(23)25/h1,3-4,6-7,10-11,13-14,20H,2,5,8-9,12,15-18H2/t20-/m0/s1. The summed E-state index contributed by atoms with van der Waals surface area (Å²) in [6.45, 7) is 2.28. The Balaban J connectivity index is 1.39. The molecular weight excluding hydrogens is 400 g/mol. The second-order valence-electron chi connectivity index (χ2n) is 8.77. The Morgan fingerprint density at radius 1 is 0.812 bits per heavy atom. The molecular formula is C26H28N4O2. The number of aromatic nitrogens is 3. The Morgan fingerprint density at radius 3 is 2.44 bits per heavy atom. The van der Waals surface area contributed by atoms with Gasteiger partial charge in [0.05, 0.1) is 5.56 Å². The maximum atomic E-state index is 13.5. The third-order valence-electron chi connectivity index (χ3n) is 6.65. The van der Waals surface area contributed by atoms with Gasteiger partial charge in [0.2, 0.25) is 0 Å². The number of fused-ring (bicyclic) bond motifs is 1. The molecule has 1 aromatic heterocycles. The minimum Gasteiger partial charge on any atom is -0.338 e. The lowest BCUT2D eigenvalue weighted by Crippen LogP contribution is -2.40. The molecule has 2 aromatic carbocycles. The number of piperidine rings is 1. The Labute approximate surface area is 188 Å². The van der Waals surface area contributed by atoms with Gasteiger partial charge in [0.1, 0.15) is 11.6 Å². The van der Waals surface area contributed by atoms with E-state index in [2.05, 4.69) is 14.8 Å². The zero-order valence-electron chi connectivity index (χ0n) is 18.2. The minimum atomic E-state index is -0.120. The lowest BCUT2D eigenvalue weighted by Gasteiger charge is -2.33. The van der Waals surface area contributed by atoms with Crippen LogP contribution < -0.4 is 0 Å². The van der Waals surface area contributed by atoms with Crippen molar-refractivity contribution in [2.75, 3.05) is 13.1 Å². The van der Waals surface area contributed by atoms with E-state index in [0.29, 0.717) is 29.8 Å². The van der Waals surface area contributed by atoms with Gasteiger partial charge in [-0.2, -0.15) is 0 Å². The quantitative estimate of drug-likeness (QED) is 0.583. The molecule has 32 heavy (non-hydrogen) atoms. The van der Waals surface area contributed by atoms with E-state index < -0.39 is 0 Å². The fourth-order valence-corrected chi connectivity index (χ4v) is 4.96. The smallest absolute Gasteiger partial charge is 0.254 e. The highest BCUT2D eigenvalue weighted by Crippen LogP contribution is 2.29. The van der Waals surface area contributed by atoms with Crippen molar-refractivity contribution in [1.82, 2.24) is 19.7 Å². The van der Waals surface area contributed by atoms with Crippen molar-refractivity contribution in [1.29, 1.82) is 0 Å². The monoisotopic (exact) mass is 428 g/mol. The zero-order valence-corrected chi connectivity index (χ0v) is 18.2. The molecule has 0 spiro atoms. The molecule has 0 saturated carbocycles. The summed E-state index contributed by atoms with van der Waals surface area (Å²) in [5, 5.41) is 8.99. The van der Waals surface area contributed by atoms with E-state index in [1.807, 2.05) is 35.2 Å². The molecule has 1 amide bonds. The van der Waals surface area contributed by atoms with Crippen LogP contribution in [0.15, 0.2) is 54.6 Å². The number of benzene rings is 2. The number of amides is 1. The zero-order chi connectivity index (χ0) is 21.9. The second-order valence-corrected chi connectivity index (χ2v) is 8.77. The lowest BCUT2D eigenvalue weighted by atomic mass is 9.94. The van der Waals surface area contributed by atoms with Crippen LogP contribution in [0.3, 0.4) is 0 Å². The third-order valence-corrected chi connectivity index (χ3v) is 6.65. The molecule has 2 aliphatic rings. The topological polar surface area (TPSA) is 68.1 Å². The predicted molar refractivity (Wildman–Crippen MR) is 122 cm³/mol. The molecule has 0 radical (unpaired) electrons. The summed E-state index contributed by atoms with van der Waals surface area (Å²) in [6.07, 6.45) is 6.46. The summed E-state index contributed by atoms with van der Waals surface area (Å²) < 4.78 is 2.29.